The summed E-state index contributed by atoms with van der Waals surface area (Å²) < 4.78 is 38.8. The molecule has 1 aliphatic carbocycles. The summed E-state index contributed by atoms with van der Waals surface area (Å²) >= 11 is 5.85. The van der Waals surface area contributed by atoms with E-state index in [9.17, 15) is 13.2 Å². The summed E-state index contributed by atoms with van der Waals surface area (Å²) in [6.07, 6.45) is -2.55. The molecular formula is C13H10ClF3N2. The molecule has 1 saturated carbocycles. The van der Waals surface area contributed by atoms with Crippen LogP contribution in [-0.2, 0) is 0 Å². The summed E-state index contributed by atoms with van der Waals surface area (Å²) in [5, 5.41) is 3.77. The van der Waals surface area contributed by atoms with Crippen molar-refractivity contribution in [2.75, 3.05) is 5.32 Å². The van der Waals surface area contributed by atoms with Crippen LogP contribution in [0.5, 0.6) is 0 Å². The van der Waals surface area contributed by atoms with Crippen molar-refractivity contribution < 1.29 is 13.2 Å². The van der Waals surface area contributed by atoms with E-state index in [1.165, 1.54) is 6.20 Å². The second kappa shape index (κ2) is 4.00. The highest BCUT2D eigenvalue weighted by Crippen LogP contribution is 2.51. The molecule has 0 spiro atoms. The average molecular weight is 287 g/mol. The lowest BCUT2D eigenvalue weighted by molar-refractivity contribution is -0.151. The van der Waals surface area contributed by atoms with Crippen LogP contribution in [0.2, 0.25) is 5.02 Å². The Hall–Kier alpha value is -1.49. The Morgan fingerprint density at radius 1 is 1.21 bits per heavy atom. The van der Waals surface area contributed by atoms with Gasteiger partial charge in [-0.1, -0.05) is 11.6 Å². The molecule has 0 bridgehead atoms. The van der Waals surface area contributed by atoms with Crippen LogP contribution in [0.15, 0.2) is 30.5 Å². The maximum absolute atomic E-state index is 12.9. The number of halogens is 4. The van der Waals surface area contributed by atoms with Crippen LogP contribution in [0.3, 0.4) is 0 Å². The SMILES string of the molecule is FC(F)(F)C1(Nc2ccnc3cc(Cl)ccc23)CC1. The van der Waals surface area contributed by atoms with E-state index in [1.807, 2.05) is 0 Å². The van der Waals surface area contributed by atoms with E-state index in [0.29, 0.717) is 21.6 Å². The number of hydrogen-bond donors (Lipinski definition) is 1. The first-order valence-corrected chi connectivity index (χ1v) is 6.18. The number of benzene rings is 1. The van der Waals surface area contributed by atoms with Gasteiger partial charge in [0.2, 0.25) is 0 Å². The third-order valence-electron chi connectivity index (χ3n) is 3.37. The number of nitrogens with one attached hydrogen (secondary N) is 1. The number of pyridine rings is 1. The molecule has 0 atom stereocenters. The minimum absolute atomic E-state index is 0.105. The monoisotopic (exact) mass is 286 g/mol. The van der Waals surface area contributed by atoms with Crippen molar-refractivity contribution in [2.24, 2.45) is 0 Å². The Labute approximate surface area is 112 Å². The molecule has 2 aromatic rings. The third-order valence-corrected chi connectivity index (χ3v) is 3.61. The van der Waals surface area contributed by atoms with Gasteiger partial charge in [0, 0.05) is 22.3 Å². The van der Waals surface area contributed by atoms with Gasteiger partial charge in [-0.3, -0.25) is 4.98 Å². The third kappa shape index (κ3) is 2.12. The molecular weight excluding hydrogens is 277 g/mol. The molecule has 0 saturated heterocycles. The van der Waals surface area contributed by atoms with Crippen molar-refractivity contribution in [2.45, 2.75) is 24.6 Å². The van der Waals surface area contributed by atoms with Gasteiger partial charge in [-0.2, -0.15) is 13.2 Å². The van der Waals surface area contributed by atoms with Gasteiger partial charge in [0.25, 0.3) is 0 Å². The van der Waals surface area contributed by atoms with Gasteiger partial charge in [-0.25, -0.2) is 0 Å². The fraction of sp³-hybridized carbons (Fsp3) is 0.308. The van der Waals surface area contributed by atoms with Gasteiger partial charge in [-0.15, -0.1) is 0 Å². The summed E-state index contributed by atoms with van der Waals surface area (Å²) in [5.74, 6) is 0. The smallest absolute Gasteiger partial charge is 0.371 e. The summed E-state index contributed by atoms with van der Waals surface area (Å²) in [6, 6.07) is 6.51. The zero-order valence-electron chi connectivity index (χ0n) is 9.76. The van der Waals surface area contributed by atoms with Crippen molar-refractivity contribution in [3.63, 3.8) is 0 Å². The number of alkyl halides is 3. The average Bonchev–Trinajstić information content (AvgIpc) is 3.09. The number of rotatable bonds is 2. The van der Waals surface area contributed by atoms with Crippen molar-refractivity contribution in [1.82, 2.24) is 4.98 Å². The molecule has 1 N–H and O–H groups in total. The fourth-order valence-electron chi connectivity index (χ4n) is 2.09. The van der Waals surface area contributed by atoms with E-state index in [-0.39, 0.29) is 12.8 Å². The summed E-state index contributed by atoms with van der Waals surface area (Å²) in [5.41, 5.74) is -0.757. The largest absolute Gasteiger partial charge is 0.411 e. The maximum atomic E-state index is 12.9. The predicted molar refractivity (Wildman–Crippen MR) is 68.4 cm³/mol. The number of hydrogen-bond acceptors (Lipinski definition) is 2. The Kier molecular flexibility index (Phi) is 2.64. The molecule has 0 aliphatic heterocycles. The lowest BCUT2D eigenvalue weighted by atomic mass is 10.1. The molecule has 0 unspecified atom stereocenters. The van der Waals surface area contributed by atoms with Crippen LogP contribution in [0.25, 0.3) is 10.9 Å². The lowest BCUT2D eigenvalue weighted by Crippen LogP contribution is -2.38. The molecule has 1 fully saturated rings. The minimum Gasteiger partial charge on any atom is -0.371 e. The second-order valence-corrected chi connectivity index (χ2v) is 5.16. The van der Waals surface area contributed by atoms with E-state index in [4.69, 9.17) is 11.6 Å². The molecule has 2 nitrogen and oxygen atoms in total. The Morgan fingerprint density at radius 3 is 2.58 bits per heavy atom. The number of fused-ring (bicyclic) bond motifs is 1. The van der Waals surface area contributed by atoms with E-state index < -0.39 is 11.7 Å². The summed E-state index contributed by atoms with van der Waals surface area (Å²) in [6.45, 7) is 0. The first kappa shape index (κ1) is 12.5. The van der Waals surface area contributed by atoms with Crippen LogP contribution >= 0.6 is 11.6 Å². The van der Waals surface area contributed by atoms with Gasteiger partial charge in [-0.05, 0) is 37.1 Å². The second-order valence-electron chi connectivity index (χ2n) is 4.72. The standard InChI is InChI=1S/C13H10ClF3N2/c14-8-1-2-9-10(3-6-18-11(9)7-8)19-12(4-5-12)13(15,16)17/h1-3,6-7H,4-5H2,(H,18,19). The molecule has 6 heteroatoms. The van der Waals surface area contributed by atoms with Gasteiger partial charge in [0.1, 0.15) is 5.54 Å². The molecule has 3 rings (SSSR count). The van der Waals surface area contributed by atoms with Gasteiger partial charge in [0.15, 0.2) is 0 Å². The van der Waals surface area contributed by atoms with Crippen LogP contribution in [0.1, 0.15) is 12.8 Å². The topological polar surface area (TPSA) is 24.9 Å². The molecule has 100 valence electrons. The van der Waals surface area contributed by atoms with E-state index in [1.54, 1.807) is 24.3 Å². The maximum Gasteiger partial charge on any atom is 0.411 e. The van der Waals surface area contributed by atoms with Crippen LogP contribution < -0.4 is 5.32 Å². The molecule has 1 aliphatic rings. The van der Waals surface area contributed by atoms with Gasteiger partial charge < -0.3 is 5.32 Å². The minimum atomic E-state index is -4.24. The van der Waals surface area contributed by atoms with Crippen molar-refractivity contribution >= 4 is 28.2 Å². The predicted octanol–water partition coefficient (Wildman–Crippen LogP) is 4.40. The Bertz CT molecular complexity index is 635. The van der Waals surface area contributed by atoms with Gasteiger partial charge >= 0.3 is 6.18 Å². The van der Waals surface area contributed by atoms with Crippen LogP contribution in [-0.4, -0.2) is 16.7 Å². The van der Waals surface area contributed by atoms with E-state index >= 15 is 0 Å². The fourth-order valence-corrected chi connectivity index (χ4v) is 2.26. The highest BCUT2D eigenvalue weighted by molar-refractivity contribution is 6.31. The normalized spacial score (nSPS) is 17.5. The zero-order chi connectivity index (χ0) is 13.7. The van der Waals surface area contributed by atoms with Crippen LogP contribution in [0, 0.1) is 0 Å². The van der Waals surface area contributed by atoms with Crippen molar-refractivity contribution in [3.8, 4) is 0 Å². The zero-order valence-corrected chi connectivity index (χ0v) is 10.5. The van der Waals surface area contributed by atoms with Crippen molar-refractivity contribution in [1.29, 1.82) is 0 Å². The summed E-state index contributed by atoms with van der Waals surface area (Å²) in [7, 11) is 0. The Balaban J connectivity index is 2.03. The van der Waals surface area contributed by atoms with Gasteiger partial charge in [0.05, 0.1) is 5.52 Å². The van der Waals surface area contributed by atoms with Crippen molar-refractivity contribution in [3.05, 3.63) is 35.5 Å². The highest BCUT2D eigenvalue weighted by Gasteiger charge is 2.63. The lowest BCUT2D eigenvalue weighted by Gasteiger charge is -2.22. The Morgan fingerprint density at radius 2 is 1.95 bits per heavy atom. The van der Waals surface area contributed by atoms with E-state index in [0.717, 1.165) is 0 Å². The van der Waals surface area contributed by atoms with E-state index in [2.05, 4.69) is 10.3 Å². The molecule has 1 aromatic heterocycles. The molecule has 1 heterocycles. The quantitative estimate of drug-likeness (QED) is 0.885. The highest BCUT2D eigenvalue weighted by atomic mass is 35.5. The first-order valence-electron chi connectivity index (χ1n) is 5.80. The van der Waals surface area contributed by atoms with Crippen LogP contribution in [0.4, 0.5) is 18.9 Å². The first-order chi connectivity index (χ1) is 8.91. The number of anilines is 1. The molecule has 0 radical (unpaired) electrons. The number of aromatic nitrogens is 1. The molecule has 19 heavy (non-hydrogen) atoms. The number of nitrogens with zero attached hydrogens (tertiary/aromatic N) is 1. The molecule has 1 aromatic carbocycles. The summed E-state index contributed by atoms with van der Waals surface area (Å²) in [4.78, 5) is 4.11. The molecule has 0 amide bonds.